The minimum absolute atomic E-state index is 0.279. The summed E-state index contributed by atoms with van der Waals surface area (Å²) in [4.78, 5) is 26.2. The van der Waals surface area contributed by atoms with Crippen LogP contribution in [0.15, 0.2) is 36.5 Å². The number of fused-ring (bicyclic) bond motifs is 2. The summed E-state index contributed by atoms with van der Waals surface area (Å²) in [6.45, 7) is 4.66. The first-order valence-electron chi connectivity index (χ1n) is 13.5. The number of nitrogens with zero attached hydrogens (tertiary/aromatic N) is 3. The van der Waals surface area contributed by atoms with E-state index < -0.39 is 0 Å². The van der Waals surface area contributed by atoms with Gasteiger partial charge in [-0.2, -0.15) is 0 Å². The average molecular weight is 491 g/mol. The minimum atomic E-state index is 0.279. The van der Waals surface area contributed by atoms with Crippen LogP contribution in [-0.4, -0.2) is 39.8 Å². The lowest BCUT2D eigenvalue weighted by Gasteiger charge is -2.36. The average Bonchev–Trinajstić information content (AvgIpc) is 3.26. The second-order valence-corrected chi connectivity index (χ2v) is 11.6. The van der Waals surface area contributed by atoms with Crippen LogP contribution in [0.25, 0.3) is 10.9 Å². The number of thiazole rings is 1. The molecular formula is C29H38N4OS. The maximum atomic E-state index is 13.1. The molecule has 35 heavy (non-hydrogen) atoms. The van der Waals surface area contributed by atoms with E-state index in [1.54, 1.807) is 17.5 Å². The highest BCUT2D eigenvalue weighted by Gasteiger charge is 2.28. The van der Waals surface area contributed by atoms with Crippen molar-refractivity contribution in [2.45, 2.75) is 77.2 Å². The second-order valence-electron chi connectivity index (χ2n) is 10.5. The summed E-state index contributed by atoms with van der Waals surface area (Å²) >= 11 is 1.69. The molecule has 0 unspecified atom stereocenters. The van der Waals surface area contributed by atoms with Gasteiger partial charge >= 0.3 is 0 Å². The van der Waals surface area contributed by atoms with Gasteiger partial charge < -0.3 is 10.6 Å². The molecular weight excluding hydrogens is 452 g/mol. The fraction of sp³-hybridized carbons (Fsp3) is 0.552. The molecule has 1 fully saturated rings. The van der Waals surface area contributed by atoms with Crippen molar-refractivity contribution < 1.29 is 4.79 Å². The van der Waals surface area contributed by atoms with E-state index in [9.17, 15) is 4.79 Å². The van der Waals surface area contributed by atoms with Gasteiger partial charge in [-0.25, -0.2) is 4.98 Å². The largest absolute Gasteiger partial charge is 0.375 e. The Balaban J connectivity index is 1.11. The van der Waals surface area contributed by atoms with Crippen molar-refractivity contribution in [1.29, 1.82) is 0 Å². The SMILES string of the molecule is CCCN(CCC1CCC(CC(=O)c2cccc3ncccc23)CC1)[C@H]1CCc2nc(N)sc2C1. The molecule has 0 amide bonds. The fourth-order valence-corrected chi connectivity index (χ4v) is 7.19. The van der Waals surface area contributed by atoms with Gasteiger partial charge in [-0.15, -0.1) is 11.3 Å². The van der Waals surface area contributed by atoms with E-state index in [2.05, 4.69) is 21.8 Å². The number of aryl methyl sites for hydroxylation is 1. The molecule has 2 aliphatic rings. The van der Waals surface area contributed by atoms with Gasteiger partial charge in [0.15, 0.2) is 10.9 Å². The Kier molecular flexibility index (Phi) is 7.78. The van der Waals surface area contributed by atoms with E-state index in [0.717, 1.165) is 40.4 Å². The van der Waals surface area contributed by atoms with Crippen LogP contribution in [0.4, 0.5) is 5.13 Å². The van der Waals surface area contributed by atoms with Gasteiger partial charge in [-0.3, -0.25) is 9.78 Å². The number of rotatable bonds is 9. The van der Waals surface area contributed by atoms with Crippen molar-refractivity contribution in [2.24, 2.45) is 11.8 Å². The molecule has 1 aromatic carbocycles. The van der Waals surface area contributed by atoms with Crippen molar-refractivity contribution in [3.8, 4) is 0 Å². The predicted octanol–water partition coefficient (Wildman–Crippen LogP) is 6.31. The van der Waals surface area contributed by atoms with Crippen molar-refractivity contribution >= 4 is 33.2 Å². The number of Topliss-reactive ketones (excluding diaryl/α,β-unsaturated/α-hetero) is 1. The Morgan fingerprint density at radius 1 is 1.09 bits per heavy atom. The smallest absolute Gasteiger partial charge is 0.180 e. The lowest BCUT2D eigenvalue weighted by molar-refractivity contribution is 0.0939. The molecule has 1 atom stereocenters. The number of anilines is 1. The molecule has 0 bridgehead atoms. The number of aromatic nitrogens is 2. The number of pyridine rings is 1. The number of nitrogen functional groups attached to an aromatic ring is 1. The number of carbonyl (C=O) groups excluding carboxylic acids is 1. The van der Waals surface area contributed by atoms with E-state index in [1.165, 1.54) is 68.6 Å². The van der Waals surface area contributed by atoms with E-state index in [4.69, 9.17) is 5.73 Å². The van der Waals surface area contributed by atoms with Gasteiger partial charge in [0.05, 0.1) is 11.2 Å². The molecule has 1 saturated carbocycles. The van der Waals surface area contributed by atoms with Crippen LogP contribution in [0.1, 0.15) is 79.2 Å². The lowest BCUT2D eigenvalue weighted by atomic mass is 9.78. The van der Waals surface area contributed by atoms with Gasteiger partial charge in [-0.1, -0.05) is 38.0 Å². The minimum Gasteiger partial charge on any atom is -0.375 e. The van der Waals surface area contributed by atoms with Gasteiger partial charge in [0.25, 0.3) is 0 Å². The van der Waals surface area contributed by atoms with Crippen LogP contribution in [-0.2, 0) is 12.8 Å². The Bertz CT molecular complexity index is 1150. The van der Waals surface area contributed by atoms with E-state index in [0.29, 0.717) is 18.4 Å². The highest BCUT2D eigenvalue weighted by atomic mass is 32.1. The molecule has 3 aromatic rings. The first-order valence-corrected chi connectivity index (χ1v) is 14.3. The van der Waals surface area contributed by atoms with Gasteiger partial charge in [-0.05, 0) is 82.0 Å². The van der Waals surface area contributed by atoms with Crippen LogP contribution < -0.4 is 5.73 Å². The third-order valence-corrected chi connectivity index (χ3v) is 9.12. The molecule has 0 aliphatic heterocycles. The number of hydrogen-bond donors (Lipinski definition) is 1. The number of hydrogen-bond acceptors (Lipinski definition) is 6. The summed E-state index contributed by atoms with van der Waals surface area (Å²) < 4.78 is 0. The first-order chi connectivity index (χ1) is 17.1. The molecule has 5 nitrogen and oxygen atoms in total. The number of carbonyl (C=O) groups is 1. The fourth-order valence-electron chi connectivity index (χ4n) is 6.24. The maximum absolute atomic E-state index is 13.1. The van der Waals surface area contributed by atoms with Gasteiger partial charge in [0.2, 0.25) is 0 Å². The van der Waals surface area contributed by atoms with Crippen LogP contribution >= 0.6 is 11.3 Å². The highest BCUT2D eigenvalue weighted by Crippen LogP contribution is 2.35. The van der Waals surface area contributed by atoms with Crippen LogP contribution in [0.3, 0.4) is 0 Å². The Hall–Kier alpha value is -2.31. The van der Waals surface area contributed by atoms with Crippen LogP contribution in [0, 0.1) is 11.8 Å². The summed E-state index contributed by atoms with van der Waals surface area (Å²) in [6, 6.07) is 10.5. The zero-order chi connectivity index (χ0) is 24.2. The van der Waals surface area contributed by atoms with E-state index in [-0.39, 0.29) is 5.78 Å². The quantitative estimate of drug-likeness (QED) is 0.356. The van der Waals surface area contributed by atoms with Crippen molar-refractivity contribution in [3.63, 3.8) is 0 Å². The molecule has 0 spiro atoms. The zero-order valence-electron chi connectivity index (χ0n) is 20.9. The van der Waals surface area contributed by atoms with Gasteiger partial charge in [0, 0.05) is 34.5 Å². The topological polar surface area (TPSA) is 72.1 Å². The van der Waals surface area contributed by atoms with Crippen molar-refractivity contribution in [3.05, 3.63) is 52.7 Å². The normalized spacial score (nSPS) is 22.4. The standard InChI is InChI=1S/C29H38N4OS/c1-2-16-33(22-12-13-26-28(19-22)35-29(30)32-26)17-14-20-8-10-21(11-9-20)18-27(34)24-5-3-7-25-23(24)6-4-15-31-25/h3-7,15,20-22H,2,8-14,16-19H2,1H3,(H2,30,32)/t20?,21?,22-/m0/s1. The molecule has 2 aliphatic carbocycles. The summed E-state index contributed by atoms with van der Waals surface area (Å²) in [6.07, 6.45) is 13.2. The number of ketones is 1. The summed E-state index contributed by atoms with van der Waals surface area (Å²) in [5.74, 6) is 1.59. The molecule has 2 N–H and O–H groups in total. The molecule has 0 saturated heterocycles. The summed E-state index contributed by atoms with van der Waals surface area (Å²) in [5.41, 5.74) is 8.95. The molecule has 2 aromatic heterocycles. The van der Waals surface area contributed by atoms with Crippen molar-refractivity contribution in [2.75, 3.05) is 18.8 Å². The van der Waals surface area contributed by atoms with Crippen LogP contribution in [0.2, 0.25) is 0 Å². The second kappa shape index (κ2) is 11.2. The highest BCUT2D eigenvalue weighted by molar-refractivity contribution is 7.15. The summed E-state index contributed by atoms with van der Waals surface area (Å²) in [7, 11) is 0. The van der Waals surface area contributed by atoms with Gasteiger partial charge in [0.1, 0.15) is 0 Å². The van der Waals surface area contributed by atoms with E-state index >= 15 is 0 Å². The van der Waals surface area contributed by atoms with Crippen LogP contribution in [0.5, 0.6) is 0 Å². The molecule has 0 radical (unpaired) electrons. The summed E-state index contributed by atoms with van der Waals surface area (Å²) in [5, 5.41) is 1.71. The first kappa shape index (κ1) is 24.4. The monoisotopic (exact) mass is 490 g/mol. The molecule has 2 heterocycles. The third-order valence-electron chi connectivity index (χ3n) is 8.17. The number of nitrogens with two attached hydrogens (primary N) is 1. The van der Waals surface area contributed by atoms with E-state index in [1.807, 2.05) is 30.3 Å². The predicted molar refractivity (Wildman–Crippen MR) is 145 cm³/mol. The zero-order valence-corrected chi connectivity index (χ0v) is 21.7. The Morgan fingerprint density at radius 2 is 1.91 bits per heavy atom. The Morgan fingerprint density at radius 3 is 2.74 bits per heavy atom. The maximum Gasteiger partial charge on any atom is 0.180 e. The molecule has 6 heteroatoms. The number of benzene rings is 1. The third kappa shape index (κ3) is 5.75. The van der Waals surface area contributed by atoms with Crippen molar-refractivity contribution in [1.82, 2.24) is 14.9 Å². The lowest BCUT2D eigenvalue weighted by Crippen LogP contribution is -2.41. The molecule has 186 valence electrons. The molecule has 5 rings (SSSR count). The Labute approximate surface area is 213 Å².